The van der Waals surface area contributed by atoms with Crippen LogP contribution in [0.5, 0.6) is 0 Å². The standard InChI is InChI=1S/C13H18N8/c14-11-17-12(19-13(18-11)21-7-2-5-15-21)16-9-4-8-20-6-1-3-10(9)20/h2,5,7,9-10H,1,3-4,6,8H2,(H3,14,16,17,18,19). The van der Waals surface area contributed by atoms with Crippen LogP contribution in [0.1, 0.15) is 19.3 Å². The smallest absolute Gasteiger partial charge is 0.257 e. The Bertz CT molecular complexity index is 625. The number of hydrogen-bond donors (Lipinski definition) is 2. The zero-order valence-electron chi connectivity index (χ0n) is 11.7. The third kappa shape index (κ3) is 2.31. The number of fused-ring (bicyclic) bond motifs is 1. The number of rotatable bonds is 3. The summed E-state index contributed by atoms with van der Waals surface area (Å²) in [6.07, 6.45) is 7.10. The lowest BCUT2D eigenvalue weighted by Gasteiger charge is -2.21. The van der Waals surface area contributed by atoms with Gasteiger partial charge in [0.2, 0.25) is 11.9 Å². The first-order valence-corrected chi connectivity index (χ1v) is 7.32. The summed E-state index contributed by atoms with van der Waals surface area (Å²) >= 11 is 0. The molecule has 8 nitrogen and oxygen atoms in total. The highest BCUT2D eigenvalue weighted by Crippen LogP contribution is 2.29. The van der Waals surface area contributed by atoms with E-state index in [0.29, 0.717) is 24.0 Å². The predicted molar refractivity (Wildman–Crippen MR) is 78.0 cm³/mol. The molecule has 21 heavy (non-hydrogen) atoms. The van der Waals surface area contributed by atoms with Crippen molar-refractivity contribution in [2.75, 3.05) is 24.1 Å². The van der Waals surface area contributed by atoms with Crippen molar-refractivity contribution < 1.29 is 0 Å². The molecule has 0 amide bonds. The molecule has 0 bridgehead atoms. The van der Waals surface area contributed by atoms with E-state index in [1.54, 1.807) is 17.1 Å². The molecule has 2 atom stereocenters. The average molecular weight is 286 g/mol. The quantitative estimate of drug-likeness (QED) is 0.836. The van der Waals surface area contributed by atoms with Crippen LogP contribution in [0.2, 0.25) is 0 Å². The van der Waals surface area contributed by atoms with Crippen LogP contribution in [0.25, 0.3) is 5.95 Å². The van der Waals surface area contributed by atoms with Crippen molar-refractivity contribution in [2.24, 2.45) is 0 Å². The van der Waals surface area contributed by atoms with Gasteiger partial charge in [-0.3, -0.25) is 4.90 Å². The van der Waals surface area contributed by atoms with Gasteiger partial charge in [0.1, 0.15) is 0 Å². The molecule has 2 aliphatic rings. The molecule has 3 N–H and O–H groups in total. The van der Waals surface area contributed by atoms with Gasteiger partial charge in [-0.15, -0.1) is 0 Å². The van der Waals surface area contributed by atoms with Crippen molar-refractivity contribution in [3.63, 3.8) is 0 Å². The Morgan fingerprint density at radius 3 is 3.00 bits per heavy atom. The molecule has 2 aromatic rings. The summed E-state index contributed by atoms with van der Waals surface area (Å²) in [7, 11) is 0. The summed E-state index contributed by atoms with van der Waals surface area (Å²) in [6.45, 7) is 2.36. The lowest BCUT2D eigenvalue weighted by Crippen LogP contribution is -2.34. The third-order valence-electron chi connectivity index (χ3n) is 4.27. The summed E-state index contributed by atoms with van der Waals surface area (Å²) in [4.78, 5) is 15.3. The van der Waals surface area contributed by atoms with E-state index in [-0.39, 0.29) is 5.95 Å². The van der Waals surface area contributed by atoms with Crippen LogP contribution in [0.15, 0.2) is 18.5 Å². The zero-order chi connectivity index (χ0) is 14.2. The first kappa shape index (κ1) is 12.5. The minimum absolute atomic E-state index is 0.208. The van der Waals surface area contributed by atoms with Gasteiger partial charge in [-0.1, -0.05) is 0 Å². The molecule has 0 saturated carbocycles. The molecule has 110 valence electrons. The molecule has 4 heterocycles. The molecule has 2 aromatic heterocycles. The minimum atomic E-state index is 0.208. The fourth-order valence-electron chi connectivity index (χ4n) is 3.35. The van der Waals surface area contributed by atoms with Crippen LogP contribution in [0.4, 0.5) is 11.9 Å². The Morgan fingerprint density at radius 2 is 2.14 bits per heavy atom. The summed E-state index contributed by atoms with van der Waals surface area (Å²) < 4.78 is 1.58. The van der Waals surface area contributed by atoms with E-state index in [0.717, 1.165) is 13.0 Å². The van der Waals surface area contributed by atoms with Gasteiger partial charge in [0.25, 0.3) is 5.95 Å². The molecule has 0 radical (unpaired) electrons. The van der Waals surface area contributed by atoms with Crippen LogP contribution >= 0.6 is 0 Å². The van der Waals surface area contributed by atoms with Crippen LogP contribution in [-0.2, 0) is 0 Å². The van der Waals surface area contributed by atoms with Crippen LogP contribution < -0.4 is 11.1 Å². The normalized spacial score (nSPS) is 25.1. The fraction of sp³-hybridized carbons (Fsp3) is 0.538. The van der Waals surface area contributed by atoms with E-state index in [1.807, 2.05) is 6.07 Å². The molecule has 0 spiro atoms. The Hall–Kier alpha value is -2.22. The molecular weight excluding hydrogens is 268 g/mol. The van der Waals surface area contributed by atoms with Gasteiger partial charge in [0.05, 0.1) is 0 Å². The average Bonchev–Trinajstić information content (AvgIpc) is 3.16. The van der Waals surface area contributed by atoms with Crippen LogP contribution in [0, 0.1) is 0 Å². The van der Waals surface area contributed by atoms with Crippen LogP contribution in [-0.4, -0.2) is 54.8 Å². The lowest BCUT2D eigenvalue weighted by molar-refractivity contribution is 0.318. The number of anilines is 2. The van der Waals surface area contributed by atoms with E-state index in [1.165, 1.54) is 19.4 Å². The van der Waals surface area contributed by atoms with E-state index in [4.69, 9.17) is 5.73 Å². The Kier molecular flexibility index (Phi) is 2.95. The first-order valence-electron chi connectivity index (χ1n) is 7.32. The van der Waals surface area contributed by atoms with E-state index >= 15 is 0 Å². The number of nitrogens with one attached hydrogen (secondary N) is 1. The first-order chi connectivity index (χ1) is 10.3. The number of hydrogen-bond acceptors (Lipinski definition) is 7. The second-order valence-electron chi connectivity index (χ2n) is 5.55. The van der Waals surface area contributed by atoms with Gasteiger partial charge in [0.15, 0.2) is 0 Å². The predicted octanol–water partition coefficient (Wildman–Crippen LogP) is 0.288. The Labute approximate surface area is 122 Å². The van der Waals surface area contributed by atoms with Crippen molar-refractivity contribution in [3.8, 4) is 5.95 Å². The summed E-state index contributed by atoms with van der Waals surface area (Å²) in [5.41, 5.74) is 5.79. The van der Waals surface area contributed by atoms with Gasteiger partial charge in [-0.25, -0.2) is 4.68 Å². The second-order valence-corrected chi connectivity index (χ2v) is 5.55. The number of aromatic nitrogens is 5. The van der Waals surface area contributed by atoms with Crippen LogP contribution in [0.3, 0.4) is 0 Å². The molecule has 2 aliphatic heterocycles. The number of nitrogens with two attached hydrogens (primary N) is 1. The van der Waals surface area contributed by atoms with Gasteiger partial charge in [-0.05, 0) is 31.9 Å². The fourth-order valence-corrected chi connectivity index (χ4v) is 3.35. The van der Waals surface area contributed by atoms with Gasteiger partial charge < -0.3 is 11.1 Å². The SMILES string of the molecule is Nc1nc(NC2CCN3CCCC23)nc(-n2cccn2)n1. The molecule has 2 fully saturated rings. The highest BCUT2D eigenvalue weighted by Gasteiger charge is 2.37. The highest BCUT2D eigenvalue weighted by atomic mass is 15.4. The van der Waals surface area contributed by atoms with Crippen molar-refractivity contribution in [2.45, 2.75) is 31.3 Å². The topological polar surface area (TPSA) is 97.8 Å². The summed E-state index contributed by atoms with van der Waals surface area (Å²) in [5.74, 6) is 1.18. The number of nitrogens with zero attached hydrogens (tertiary/aromatic N) is 6. The minimum Gasteiger partial charge on any atom is -0.368 e. The zero-order valence-corrected chi connectivity index (χ0v) is 11.7. The van der Waals surface area contributed by atoms with E-state index < -0.39 is 0 Å². The number of nitrogen functional groups attached to an aromatic ring is 1. The molecule has 2 unspecified atom stereocenters. The molecule has 2 saturated heterocycles. The van der Waals surface area contributed by atoms with Crippen molar-refractivity contribution in [3.05, 3.63) is 18.5 Å². The molecule has 8 heteroatoms. The van der Waals surface area contributed by atoms with Gasteiger partial charge >= 0.3 is 0 Å². The maximum absolute atomic E-state index is 5.79. The largest absolute Gasteiger partial charge is 0.368 e. The van der Waals surface area contributed by atoms with Crippen molar-refractivity contribution in [1.82, 2.24) is 29.6 Å². The summed E-state index contributed by atoms with van der Waals surface area (Å²) in [6, 6.07) is 2.80. The molecular formula is C13H18N8. The van der Waals surface area contributed by atoms with Crippen molar-refractivity contribution >= 4 is 11.9 Å². The maximum atomic E-state index is 5.79. The monoisotopic (exact) mass is 286 g/mol. The van der Waals surface area contributed by atoms with Gasteiger partial charge in [-0.2, -0.15) is 20.1 Å². The van der Waals surface area contributed by atoms with E-state index in [2.05, 4.69) is 30.3 Å². The Balaban J connectivity index is 1.58. The molecule has 0 aromatic carbocycles. The Morgan fingerprint density at radius 1 is 1.19 bits per heavy atom. The third-order valence-corrected chi connectivity index (χ3v) is 4.27. The van der Waals surface area contributed by atoms with Crippen molar-refractivity contribution in [1.29, 1.82) is 0 Å². The highest BCUT2D eigenvalue weighted by molar-refractivity contribution is 5.36. The van der Waals surface area contributed by atoms with Gasteiger partial charge in [0, 0.05) is 31.0 Å². The molecule has 0 aliphatic carbocycles. The van der Waals surface area contributed by atoms with E-state index in [9.17, 15) is 0 Å². The molecule has 4 rings (SSSR count). The second kappa shape index (κ2) is 4.96. The summed E-state index contributed by atoms with van der Waals surface area (Å²) in [5, 5.41) is 7.56. The maximum Gasteiger partial charge on any atom is 0.257 e. The lowest BCUT2D eigenvalue weighted by atomic mass is 10.1.